The standard InChI is InChI=1S/C12H15N3O2S/c1-2-14-11(16)6-15-9-5-8(13)3-4-10(9)18-7-12(15)17/h3-5H,2,6-7,13H2,1H3,(H,14,16). The van der Waals surface area contributed by atoms with E-state index in [1.807, 2.05) is 13.0 Å². The maximum Gasteiger partial charge on any atom is 0.240 e. The van der Waals surface area contributed by atoms with Crippen LogP contribution in [0.1, 0.15) is 6.92 Å². The van der Waals surface area contributed by atoms with Gasteiger partial charge in [0.1, 0.15) is 6.54 Å². The van der Waals surface area contributed by atoms with Gasteiger partial charge in [0.2, 0.25) is 11.8 Å². The Morgan fingerprint density at radius 1 is 1.56 bits per heavy atom. The first-order valence-corrected chi connectivity index (χ1v) is 6.69. The Balaban J connectivity index is 2.27. The highest BCUT2D eigenvalue weighted by atomic mass is 32.2. The topological polar surface area (TPSA) is 75.4 Å². The Morgan fingerprint density at radius 2 is 2.33 bits per heavy atom. The number of likely N-dealkylation sites (N-methyl/N-ethyl adjacent to an activating group) is 1. The van der Waals surface area contributed by atoms with Crippen LogP contribution in [0, 0.1) is 0 Å². The van der Waals surface area contributed by atoms with E-state index < -0.39 is 0 Å². The zero-order chi connectivity index (χ0) is 13.1. The number of hydrogen-bond donors (Lipinski definition) is 2. The highest BCUT2D eigenvalue weighted by Gasteiger charge is 2.26. The summed E-state index contributed by atoms with van der Waals surface area (Å²) in [5.41, 5.74) is 7.04. The third-order valence-electron chi connectivity index (χ3n) is 2.60. The van der Waals surface area contributed by atoms with E-state index in [0.717, 1.165) is 10.6 Å². The van der Waals surface area contributed by atoms with Crippen molar-refractivity contribution in [1.29, 1.82) is 0 Å². The van der Waals surface area contributed by atoms with Crippen LogP contribution in [0.15, 0.2) is 23.1 Å². The molecule has 0 unspecified atom stereocenters. The summed E-state index contributed by atoms with van der Waals surface area (Å²) in [5.74, 6) is 0.131. The smallest absolute Gasteiger partial charge is 0.240 e. The maximum atomic E-state index is 11.9. The second-order valence-electron chi connectivity index (χ2n) is 3.95. The molecule has 1 aromatic rings. The highest BCUT2D eigenvalue weighted by molar-refractivity contribution is 8.00. The number of hydrogen-bond acceptors (Lipinski definition) is 4. The average molecular weight is 265 g/mol. The van der Waals surface area contributed by atoms with Gasteiger partial charge >= 0.3 is 0 Å². The van der Waals surface area contributed by atoms with E-state index in [0.29, 0.717) is 18.0 Å². The molecule has 0 bridgehead atoms. The first-order valence-electron chi connectivity index (χ1n) is 5.71. The van der Waals surface area contributed by atoms with Crippen LogP contribution in [0.25, 0.3) is 0 Å². The predicted octanol–water partition coefficient (Wildman–Crippen LogP) is 0.844. The van der Waals surface area contributed by atoms with Crippen molar-refractivity contribution in [2.75, 3.05) is 29.5 Å². The molecule has 0 saturated heterocycles. The number of rotatable bonds is 3. The number of nitrogens with zero attached hydrogens (tertiary/aromatic N) is 1. The average Bonchev–Trinajstić information content (AvgIpc) is 2.33. The van der Waals surface area contributed by atoms with E-state index in [1.165, 1.54) is 16.7 Å². The van der Waals surface area contributed by atoms with Crippen LogP contribution in [-0.4, -0.2) is 30.7 Å². The lowest BCUT2D eigenvalue weighted by atomic mass is 10.2. The maximum absolute atomic E-state index is 11.9. The van der Waals surface area contributed by atoms with E-state index in [9.17, 15) is 9.59 Å². The molecule has 1 aliphatic heterocycles. The van der Waals surface area contributed by atoms with Crippen molar-refractivity contribution in [3.05, 3.63) is 18.2 Å². The quantitative estimate of drug-likeness (QED) is 0.794. The van der Waals surface area contributed by atoms with Crippen molar-refractivity contribution in [3.8, 4) is 0 Å². The molecule has 0 aliphatic carbocycles. The lowest BCUT2D eigenvalue weighted by Gasteiger charge is -2.28. The van der Waals surface area contributed by atoms with Crippen LogP contribution in [0.3, 0.4) is 0 Å². The summed E-state index contributed by atoms with van der Waals surface area (Å²) in [6, 6.07) is 5.41. The number of carbonyl (C=O) groups excluding carboxylic acids is 2. The molecule has 0 aromatic heterocycles. The van der Waals surface area contributed by atoms with E-state index >= 15 is 0 Å². The SMILES string of the molecule is CCNC(=O)CN1C(=O)CSc2ccc(N)cc21. The van der Waals surface area contributed by atoms with Crippen LogP contribution in [0.2, 0.25) is 0 Å². The summed E-state index contributed by atoms with van der Waals surface area (Å²) in [5, 5.41) is 2.69. The van der Waals surface area contributed by atoms with Gasteiger partial charge in [-0.25, -0.2) is 0 Å². The monoisotopic (exact) mass is 265 g/mol. The van der Waals surface area contributed by atoms with Gasteiger partial charge in [0.15, 0.2) is 0 Å². The van der Waals surface area contributed by atoms with Gasteiger partial charge in [0.25, 0.3) is 0 Å². The normalized spacial score (nSPS) is 14.3. The zero-order valence-electron chi connectivity index (χ0n) is 10.1. The Labute approximate surface area is 110 Å². The van der Waals surface area contributed by atoms with Crippen LogP contribution >= 0.6 is 11.8 Å². The van der Waals surface area contributed by atoms with Crippen LogP contribution in [-0.2, 0) is 9.59 Å². The molecule has 0 spiro atoms. The van der Waals surface area contributed by atoms with Crippen molar-refractivity contribution >= 4 is 35.0 Å². The minimum atomic E-state index is -0.161. The minimum absolute atomic E-state index is 0.0453. The van der Waals surface area contributed by atoms with Crippen LogP contribution < -0.4 is 16.0 Å². The van der Waals surface area contributed by atoms with Gasteiger partial charge in [-0.05, 0) is 25.1 Å². The molecule has 0 radical (unpaired) electrons. The molecule has 2 amide bonds. The molecule has 0 atom stereocenters. The first kappa shape index (κ1) is 12.8. The van der Waals surface area contributed by atoms with Crippen LogP contribution in [0.4, 0.5) is 11.4 Å². The lowest BCUT2D eigenvalue weighted by molar-refractivity contribution is -0.122. The number of nitrogens with one attached hydrogen (secondary N) is 1. The van der Waals surface area contributed by atoms with Crippen molar-refractivity contribution in [1.82, 2.24) is 5.32 Å². The van der Waals surface area contributed by atoms with Crippen molar-refractivity contribution < 1.29 is 9.59 Å². The number of carbonyl (C=O) groups is 2. The molecule has 6 heteroatoms. The third-order valence-corrected chi connectivity index (χ3v) is 3.65. The fourth-order valence-electron chi connectivity index (χ4n) is 1.79. The molecule has 96 valence electrons. The molecular weight excluding hydrogens is 250 g/mol. The van der Waals surface area contributed by atoms with Gasteiger partial charge in [0.05, 0.1) is 11.4 Å². The summed E-state index contributed by atoms with van der Waals surface area (Å²) >= 11 is 1.47. The largest absolute Gasteiger partial charge is 0.399 e. The second-order valence-corrected chi connectivity index (χ2v) is 4.97. The van der Waals surface area contributed by atoms with Crippen LogP contribution in [0.5, 0.6) is 0 Å². The second kappa shape index (κ2) is 5.30. The summed E-state index contributed by atoms with van der Waals surface area (Å²) < 4.78 is 0. The Hall–Kier alpha value is -1.69. The molecule has 1 aliphatic rings. The summed E-state index contributed by atoms with van der Waals surface area (Å²) in [6.45, 7) is 2.45. The molecule has 1 aromatic carbocycles. The predicted molar refractivity (Wildman–Crippen MR) is 72.6 cm³/mol. The summed E-state index contributed by atoms with van der Waals surface area (Å²) in [7, 11) is 0. The van der Waals surface area contributed by atoms with Gasteiger partial charge in [0, 0.05) is 17.1 Å². The first-order chi connectivity index (χ1) is 8.61. The molecular formula is C12H15N3O2S. The zero-order valence-corrected chi connectivity index (χ0v) is 10.9. The molecule has 0 saturated carbocycles. The molecule has 5 nitrogen and oxygen atoms in total. The minimum Gasteiger partial charge on any atom is -0.399 e. The molecule has 0 fully saturated rings. The molecule has 1 heterocycles. The fourth-order valence-corrected chi connectivity index (χ4v) is 2.71. The van der Waals surface area contributed by atoms with E-state index in [-0.39, 0.29) is 18.4 Å². The van der Waals surface area contributed by atoms with Crippen molar-refractivity contribution in [2.45, 2.75) is 11.8 Å². The van der Waals surface area contributed by atoms with Crippen molar-refractivity contribution in [2.24, 2.45) is 0 Å². The van der Waals surface area contributed by atoms with Gasteiger partial charge in [-0.2, -0.15) is 0 Å². The van der Waals surface area contributed by atoms with E-state index in [1.54, 1.807) is 12.1 Å². The number of anilines is 2. The third kappa shape index (κ3) is 2.59. The Bertz CT molecular complexity index is 490. The Kier molecular flexibility index (Phi) is 3.76. The summed E-state index contributed by atoms with van der Waals surface area (Å²) in [4.78, 5) is 26.0. The highest BCUT2D eigenvalue weighted by Crippen LogP contribution is 2.36. The number of thioether (sulfide) groups is 1. The van der Waals surface area contributed by atoms with Gasteiger partial charge in [-0.1, -0.05) is 0 Å². The van der Waals surface area contributed by atoms with Gasteiger partial charge in [-0.3, -0.25) is 9.59 Å². The number of nitrogen functional groups attached to an aromatic ring is 1. The Morgan fingerprint density at radius 3 is 3.06 bits per heavy atom. The lowest BCUT2D eigenvalue weighted by Crippen LogP contribution is -2.43. The van der Waals surface area contributed by atoms with E-state index in [4.69, 9.17) is 5.73 Å². The van der Waals surface area contributed by atoms with Crippen molar-refractivity contribution in [3.63, 3.8) is 0 Å². The number of amides is 2. The number of fused-ring (bicyclic) bond motifs is 1. The molecule has 3 N–H and O–H groups in total. The van der Waals surface area contributed by atoms with E-state index in [2.05, 4.69) is 5.32 Å². The molecule has 18 heavy (non-hydrogen) atoms. The fraction of sp³-hybridized carbons (Fsp3) is 0.333. The number of nitrogens with two attached hydrogens (primary N) is 1. The summed E-state index contributed by atoms with van der Waals surface area (Å²) in [6.07, 6.45) is 0. The molecule has 2 rings (SSSR count). The van der Waals surface area contributed by atoms with Gasteiger partial charge in [-0.15, -0.1) is 11.8 Å². The van der Waals surface area contributed by atoms with Gasteiger partial charge < -0.3 is 16.0 Å². The number of benzene rings is 1.